The van der Waals surface area contributed by atoms with Crippen LogP contribution >= 0.6 is 11.8 Å². The van der Waals surface area contributed by atoms with Gasteiger partial charge in [-0.1, -0.05) is 91.0 Å². The lowest BCUT2D eigenvalue weighted by Gasteiger charge is -2.51. The number of fused-ring (bicyclic) bond motifs is 1. The molecule has 5 rings (SSSR count). The molecule has 3 aromatic rings. The number of thioether (sulfide) groups is 1. The Hall–Kier alpha value is -4.70. The molecule has 2 unspecified atom stereocenters. The SMILES string of the molecule is O=C(Cc1ccccc1)NC1C(=O)N2C(C(=O)OC(c3ccccc3)c3ccccc3)C(C(=O)C(=O)O)=CS[C@H]12. The summed E-state index contributed by atoms with van der Waals surface area (Å²) in [6.45, 7) is 0. The smallest absolute Gasteiger partial charge is 0.377 e. The molecular weight excluding hydrogens is 532 g/mol. The summed E-state index contributed by atoms with van der Waals surface area (Å²) in [6, 6.07) is 24.3. The van der Waals surface area contributed by atoms with Crippen LogP contribution in [-0.2, 0) is 35.1 Å². The normalized spacial score (nSPS) is 19.6. The number of hydrogen-bond acceptors (Lipinski definition) is 7. The van der Waals surface area contributed by atoms with E-state index in [1.54, 1.807) is 72.8 Å². The number of Topliss-reactive ketones (excluding diaryl/α,β-unsaturated/α-hetero) is 1. The van der Waals surface area contributed by atoms with Crippen molar-refractivity contribution < 1.29 is 33.8 Å². The fraction of sp³-hybridized carbons (Fsp3) is 0.167. The van der Waals surface area contributed by atoms with Crippen LogP contribution in [0.1, 0.15) is 22.8 Å². The van der Waals surface area contributed by atoms with E-state index in [0.717, 1.165) is 22.2 Å². The summed E-state index contributed by atoms with van der Waals surface area (Å²) in [5.41, 5.74) is 1.70. The minimum absolute atomic E-state index is 0.0574. The van der Waals surface area contributed by atoms with Gasteiger partial charge in [0, 0.05) is 5.57 Å². The second-order valence-electron chi connectivity index (χ2n) is 9.23. The van der Waals surface area contributed by atoms with Gasteiger partial charge in [0.1, 0.15) is 11.4 Å². The minimum Gasteiger partial charge on any atom is -0.475 e. The maximum Gasteiger partial charge on any atom is 0.377 e. The molecular formula is C30H24N2O7S. The molecule has 2 aliphatic rings. The fourth-order valence-corrected chi connectivity index (χ4v) is 5.93. The lowest BCUT2D eigenvalue weighted by molar-refractivity contribution is -0.166. The topological polar surface area (TPSA) is 130 Å². The molecule has 3 atom stereocenters. The van der Waals surface area contributed by atoms with Crippen LogP contribution < -0.4 is 5.32 Å². The summed E-state index contributed by atoms with van der Waals surface area (Å²) in [5.74, 6) is -5.01. The number of ether oxygens (including phenoxy) is 1. The fourth-order valence-electron chi connectivity index (χ4n) is 4.71. The molecule has 0 saturated carbocycles. The van der Waals surface area contributed by atoms with Crippen LogP contribution in [0.25, 0.3) is 0 Å². The number of hydrogen-bond donors (Lipinski definition) is 2. The first-order valence-electron chi connectivity index (χ1n) is 12.4. The van der Waals surface area contributed by atoms with Crippen molar-refractivity contribution in [2.45, 2.75) is 30.0 Å². The number of nitrogens with one attached hydrogen (secondary N) is 1. The van der Waals surface area contributed by atoms with Gasteiger partial charge in [-0.15, -0.1) is 11.8 Å². The number of carboxylic acid groups (broad SMARTS) is 1. The van der Waals surface area contributed by atoms with Crippen molar-refractivity contribution in [2.75, 3.05) is 0 Å². The van der Waals surface area contributed by atoms with Crippen molar-refractivity contribution in [3.8, 4) is 0 Å². The van der Waals surface area contributed by atoms with E-state index in [-0.39, 0.29) is 17.9 Å². The third-order valence-electron chi connectivity index (χ3n) is 6.63. The van der Waals surface area contributed by atoms with Crippen LogP contribution in [0.3, 0.4) is 0 Å². The number of ketones is 1. The van der Waals surface area contributed by atoms with Crippen molar-refractivity contribution in [1.82, 2.24) is 10.2 Å². The van der Waals surface area contributed by atoms with Gasteiger partial charge in [-0.05, 0) is 22.1 Å². The number of esters is 1. The molecule has 2 N–H and O–H groups in total. The molecule has 2 aliphatic heterocycles. The Kier molecular flexibility index (Phi) is 7.79. The molecule has 0 aromatic heterocycles. The van der Waals surface area contributed by atoms with Gasteiger partial charge in [-0.25, -0.2) is 9.59 Å². The minimum atomic E-state index is -1.76. The second kappa shape index (κ2) is 11.6. The Balaban J connectivity index is 1.40. The molecule has 0 aliphatic carbocycles. The Morgan fingerprint density at radius 3 is 1.98 bits per heavy atom. The molecule has 0 spiro atoms. The van der Waals surface area contributed by atoms with Crippen molar-refractivity contribution in [3.05, 3.63) is 119 Å². The molecule has 10 heteroatoms. The van der Waals surface area contributed by atoms with E-state index < -0.39 is 47.2 Å². The van der Waals surface area contributed by atoms with Crippen LogP contribution in [0.4, 0.5) is 0 Å². The third kappa shape index (κ3) is 5.39. The van der Waals surface area contributed by atoms with E-state index in [1.807, 2.05) is 18.2 Å². The van der Waals surface area contributed by atoms with Crippen molar-refractivity contribution in [2.24, 2.45) is 0 Å². The molecule has 1 fully saturated rings. The lowest BCUT2D eigenvalue weighted by atomic mass is 9.95. The van der Waals surface area contributed by atoms with E-state index in [2.05, 4.69) is 5.32 Å². The Morgan fingerprint density at radius 2 is 1.43 bits per heavy atom. The molecule has 2 amide bonds. The molecule has 3 aromatic carbocycles. The van der Waals surface area contributed by atoms with Crippen LogP contribution in [0.15, 0.2) is 102 Å². The average molecular weight is 557 g/mol. The molecule has 1 saturated heterocycles. The van der Waals surface area contributed by atoms with Gasteiger partial charge in [-0.2, -0.15) is 0 Å². The molecule has 9 nitrogen and oxygen atoms in total. The summed E-state index contributed by atoms with van der Waals surface area (Å²) in [5, 5.41) is 12.7. The first kappa shape index (κ1) is 26.9. The van der Waals surface area contributed by atoms with E-state index in [9.17, 15) is 29.1 Å². The number of carbonyl (C=O) groups is 5. The van der Waals surface area contributed by atoms with Gasteiger partial charge < -0.3 is 20.1 Å². The average Bonchev–Trinajstić information content (AvgIpc) is 2.98. The van der Waals surface area contributed by atoms with Crippen LogP contribution in [-0.4, -0.2) is 57.0 Å². The highest BCUT2D eigenvalue weighted by molar-refractivity contribution is 8.03. The number of β-lactam (4-membered cyclic amide) rings is 1. The summed E-state index contributed by atoms with van der Waals surface area (Å²) in [7, 11) is 0. The van der Waals surface area contributed by atoms with Crippen molar-refractivity contribution >= 4 is 41.3 Å². The number of amides is 2. The maximum absolute atomic E-state index is 13.7. The second-order valence-corrected chi connectivity index (χ2v) is 10.2. The number of carbonyl (C=O) groups excluding carboxylic acids is 4. The van der Waals surface area contributed by atoms with Crippen LogP contribution in [0.2, 0.25) is 0 Å². The first-order valence-corrected chi connectivity index (χ1v) is 13.4. The monoisotopic (exact) mass is 556 g/mol. The summed E-state index contributed by atoms with van der Waals surface area (Å²) in [6.07, 6.45) is -0.816. The summed E-state index contributed by atoms with van der Waals surface area (Å²) >= 11 is 0.996. The highest BCUT2D eigenvalue weighted by Crippen LogP contribution is 2.41. The standard InChI is InChI=1S/C30H24N2O7S/c33-22(16-18-10-4-1-5-11-18)31-23-27(35)32-24(21(17-40-28(23)32)25(34)29(36)37)30(38)39-26(19-12-6-2-7-13-19)20-14-8-3-9-15-20/h1-15,17,23-24,26,28H,16H2,(H,31,33)(H,36,37)/t23?,24?,28-/m1/s1. The Bertz CT molecular complexity index is 1440. The number of carboxylic acids is 1. The van der Waals surface area contributed by atoms with Gasteiger partial charge >= 0.3 is 11.9 Å². The van der Waals surface area contributed by atoms with Crippen molar-refractivity contribution in [1.29, 1.82) is 0 Å². The Labute approximate surface area is 233 Å². The Morgan fingerprint density at radius 1 is 0.875 bits per heavy atom. The van der Waals surface area contributed by atoms with Gasteiger partial charge in [0.15, 0.2) is 12.1 Å². The number of benzene rings is 3. The van der Waals surface area contributed by atoms with Crippen molar-refractivity contribution in [3.63, 3.8) is 0 Å². The predicted octanol–water partition coefficient (Wildman–Crippen LogP) is 2.87. The predicted molar refractivity (Wildman–Crippen MR) is 146 cm³/mol. The van der Waals surface area contributed by atoms with E-state index in [1.165, 1.54) is 5.41 Å². The van der Waals surface area contributed by atoms with Gasteiger partial charge in [-0.3, -0.25) is 14.4 Å². The van der Waals surface area contributed by atoms with Gasteiger partial charge in [0.2, 0.25) is 11.8 Å². The zero-order valence-electron chi connectivity index (χ0n) is 21.0. The zero-order valence-corrected chi connectivity index (χ0v) is 21.8. The zero-order chi connectivity index (χ0) is 28.2. The molecule has 2 heterocycles. The quantitative estimate of drug-likeness (QED) is 0.234. The molecule has 0 radical (unpaired) electrons. The lowest BCUT2D eigenvalue weighted by Crippen LogP contribution is -2.74. The van der Waals surface area contributed by atoms with Gasteiger partial charge in [0.25, 0.3) is 5.78 Å². The van der Waals surface area contributed by atoms with E-state index in [4.69, 9.17) is 4.74 Å². The third-order valence-corrected chi connectivity index (χ3v) is 7.80. The highest BCUT2D eigenvalue weighted by Gasteiger charge is 2.57. The number of rotatable bonds is 9. The highest BCUT2D eigenvalue weighted by atomic mass is 32.2. The first-order chi connectivity index (χ1) is 19.3. The summed E-state index contributed by atoms with van der Waals surface area (Å²) < 4.78 is 5.90. The van der Waals surface area contributed by atoms with Crippen LogP contribution in [0.5, 0.6) is 0 Å². The number of nitrogens with zero attached hydrogens (tertiary/aromatic N) is 1. The molecule has 202 valence electrons. The van der Waals surface area contributed by atoms with E-state index in [0.29, 0.717) is 11.1 Å². The largest absolute Gasteiger partial charge is 0.475 e. The summed E-state index contributed by atoms with van der Waals surface area (Å²) in [4.78, 5) is 64.9. The maximum atomic E-state index is 13.7. The molecule has 40 heavy (non-hydrogen) atoms. The van der Waals surface area contributed by atoms with Gasteiger partial charge in [0.05, 0.1) is 6.42 Å². The van der Waals surface area contributed by atoms with Crippen LogP contribution in [0, 0.1) is 0 Å². The van der Waals surface area contributed by atoms with E-state index >= 15 is 0 Å². The number of aliphatic carboxylic acids is 1. The molecule has 0 bridgehead atoms.